The summed E-state index contributed by atoms with van der Waals surface area (Å²) in [6, 6.07) is 0. The Morgan fingerprint density at radius 1 is 0.260 bits per heavy atom. The van der Waals surface area contributed by atoms with Gasteiger partial charge in [-0.25, -0.2) is 0 Å². The summed E-state index contributed by atoms with van der Waals surface area (Å²) in [4.78, 5) is 38.1. The minimum atomic E-state index is -0.837. The summed E-state index contributed by atoms with van der Waals surface area (Å²) in [5.74, 6) is -1.05. The maximum atomic E-state index is 12.8. The number of esters is 3. The van der Waals surface area contributed by atoms with Crippen molar-refractivity contribution in [2.75, 3.05) is 13.2 Å². The molecule has 6 heteroatoms. The molecule has 1 unspecified atom stereocenters. The molecule has 0 N–H and O–H groups in total. The maximum absolute atomic E-state index is 12.8. The highest BCUT2D eigenvalue weighted by Gasteiger charge is 2.19. The van der Waals surface area contributed by atoms with Crippen molar-refractivity contribution < 1.29 is 28.6 Å². The molecule has 0 amide bonds. The maximum Gasteiger partial charge on any atom is 0.306 e. The average molecular weight is 1060 g/mol. The minimum absolute atomic E-state index is 0.124. The second kappa shape index (κ2) is 63.3. The monoisotopic (exact) mass is 1060 g/mol. The zero-order valence-electron chi connectivity index (χ0n) is 49.1. The molecule has 77 heavy (non-hydrogen) atoms. The van der Waals surface area contributed by atoms with Gasteiger partial charge in [0, 0.05) is 19.3 Å². The van der Waals surface area contributed by atoms with Crippen LogP contribution >= 0.6 is 0 Å². The van der Waals surface area contributed by atoms with E-state index >= 15 is 0 Å². The number of hydrogen-bond donors (Lipinski definition) is 0. The number of carbonyl (C=O) groups is 3. The quantitative estimate of drug-likeness (QED) is 0.0261. The van der Waals surface area contributed by atoms with Crippen molar-refractivity contribution in [3.8, 4) is 0 Å². The van der Waals surface area contributed by atoms with E-state index in [1.807, 2.05) is 12.2 Å². The van der Waals surface area contributed by atoms with Crippen LogP contribution in [-0.2, 0) is 28.6 Å². The van der Waals surface area contributed by atoms with E-state index in [4.69, 9.17) is 14.2 Å². The molecule has 0 aromatic heterocycles. The molecule has 0 radical (unpaired) electrons. The highest BCUT2D eigenvalue weighted by atomic mass is 16.6. The van der Waals surface area contributed by atoms with Crippen LogP contribution < -0.4 is 0 Å². The largest absolute Gasteiger partial charge is 0.462 e. The van der Waals surface area contributed by atoms with E-state index in [1.165, 1.54) is 57.8 Å². The van der Waals surface area contributed by atoms with Gasteiger partial charge in [-0.3, -0.25) is 14.4 Å². The van der Waals surface area contributed by atoms with E-state index in [0.717, 1.165) is 135 Å². The Balaban J connectivity index is 4.28. The molecule has 430 valence electrons. The zero-order valence-corrected chi connectivity index (χ0v) is 49.1. The lowest BCUT2D eigenvalue weighted by Gasteiger charge is -2.18. The summed E-state index contributed by atoms with van der Waals surface area (Å²) in [6.45, 7) is 6.19. The summed E-state index contributed by atoms with van der Waals surface area (Å²) in [6.07, 6.45) is 93.9. The molecule has 0 fully saturated rings. The number of allylic oxidation sites excluding steroid dienone is 28. The van der Waals surface area contributed by atoms with Crippen LogP contribution in [0.4, 0.5) is 0 Å². The lowest BCUT2D eigenvalue weighted by atomic mass is 10.0. The minimum Gasteiger partial charge on any atom is -0.462 e. The van der Waals surface area contributed by atoms with Gasteiger partial charge in [0.15, 0.2) is 6.10 Å². The lowest BCUT2D eigenvalue weighted by molar-refractivity contribution is -0.166. The summed E-state index contributed by atoms with van der Waals surface area (Å²) in [7, 11) is 0. The Kier molecular flexibility index (Phi) is 59.0. The van der Waals surface area contributed by atoms with Crippen molar-refractivity contribution in [1.82, 2.24) is 0 Å². The molecule has 6 nitrogen and oxygen atoms in total. The van der Waals surface area contributed by atoms with Gasteiger partial charge in [-0.1, -0.05) is 255 Å². The lowest BCUT2D eigenvalue weighted by Crippen LogP contribution is -2.30. The third-order valence-corrected chi connectivity index (χ3v) is 12.2. The van der Waals surface area contributed by atoms with Crippen molar-refractivity contribution in [1.29, 1.82) is 0 Å². The number of unbranched alkanes of at least 4 members (excludes halogenated alkanes) is 14. The Morgan fingerprint density at radius 2 is 0.494 bits per heavy atom. The van der Waals surface area contributed by atoms with E-state index in [2.05, 4.69) is 179 Å². The van der Waals surface area contributed by atoms with Gasteiger partial charge in [-0.2, -0.15) is 0 Å². The van der Waals surface area contributed by atoms with Gasteiger partial charge < -0.3 is 14.2 Å². The van der Waals surface area contributed by atoms with Gasteiger partial charge in [0.25, 0.3) is 0 Å². The molecule has 0 heterocycles. The predicted molar refractivity (Wildman–Crippen MR) is 334 cm³/mol. The van der Waals surface area contributed by atoms with Crippen molar-refractivity contribution in [3.05, 3.63) is 170 Å². The second-order valence-corrected chi connectivity index (χ2v) is 19.5. The highest BCUT2D eigenvalue weighted by molar-refractivity contribution is 5.71. The first-order valence-electron chi connectivity index (χ1n) is 30.6. The van der Waals surface area contributed by atoms with Crippen LogP contribution in [0.15, 0.2) is 170 Å². The molecule has 0 aliphatic heterocycles. The van der Waals surface area contributed by atoms with Crippen LogP contribution in [0, 0.1) is 0 Å². The van der Waals surface area contributed by atoms with Crippen molar-refractivity contribution in [3.63, 3.8) is 0 Å². The third kappa shape index (κ3) is 61.5. The van der Waals surface area contributed by atoms with Crippen molar-refractivity contribution >= 4 is 17.9 Å². The molecule has 0 saturated heterocycles. The summed E-state index contributed by atoms with van der Waals surface area (Å²) in [5.41, 5.74) is 0. The smallest absolute Gasteiger partial charge is 0.306 e. The van der Waals surface area contributed by atoms with E-state index < -0.39 is 12.1 Å². The number of ether oxygens (including phenoxy) is 3. The Morgan fingerprint density at radius 3 is 0.792 bits per heavy atom. The fraction of sp³-hybridized carbons (Fsp3) is 0.563. The van der Waals surface area contributed by atoms with Crippen LogP contribution in [-0.4, -0.2) is 37.2 Å². The predicted octanol–water partition coefficient (Wildman–Crippen LogP) is 21.1. The first-order valence-corrected chi connectivity index (χ1v) is 30.6. The van der Waals surface area contributed by atoms with Crippen LogP contribution in [0.1, 0.15) is 239 Å². The van der Waals surface area contributed by atoms with E-state index in [0.29, 0.717) is 19.3 Å². The van der Waals surface area contributed by atoms with E-state index in [1.54, 1.807) is 0 Å². The van der Waals surface area contributed by atoms with Crippen molar-refractivity contribution in [2.24, 2.45) is 0 Å². The molecule has 0 aromatic rings. The van der Waals surface area contributed by atoms with Gasteiger partial charge in [-0.05, 0) is 135 Å². The van der Waals surface area contributed by atoms with Gasteiger partial charge in [0.1, 0.15) is 13.2 Å². The fourth-order valence-corrected chi connectivity index (χ4v) is 7.74. The topological polar surface area (TPSA) is 78.9 Å². The number of carbonyl (C=O) groups excluding carboxylic acids is 3. The first kappa shape index (κ1) is 71.8. The summed E-state index contributed by atoms with van der Waals surface area (Å²) >= 11 is 0. The van der Waals surface area contributed by atoms with Crippen LogP contribution in [0.2, 0.25) is 0 Å². The first-order chi connectivity index (χ1) is 38.0. The number of rotatable bonds is 53. The summed E-state index contributed by atoms with van der Waals surface area (Å²) in [5, 5.41) is 0. The average Bonchev–Trinajstić information content (AvgIpc) is 3.43. The molecular weight excluding hydrogens is 949 g/mol. The zero-order chi connectivity index (χ0) is 55.7. The molecule has 1 atom stereocenters. The molecule has 0 spiro atoms. The Bertz CT molecular complexity index is 1790. The molecule has 0 bridgehead atoms. The molecule has 0 aromatic carbocycles. The number of hydrogen-bond acceptors (Lipinski definition) is 6. The van der Waals surface area contributed by atoms with Gasteiger partial charge in [0.2, 0.25) is 0 Å². The Hall–Kier alpha value is -5.23. The van der Waals surface area contributed by atoms with Gasteiger partial charge in [-0.15, -0.1) is 0 Å². The van der Waals surface area contributed by atoms with Crippen LogP contribution in [0.3, 0.4) is 0 Å². The molecule has 0 aliphatic rings. The Labute approximate surface area is 472 Å². The van der Waals surface area contributed by atoms with Crippen LogP contribution in [0.25, 0.3) is 0 Å². The van der Waals surface area contributed by atoms with Crippen LogP contribution in [0.5, 0.6) is 0 Å². The third-order valence-electron chi connectivity index (χ3n) is 12.2. The van der Waals surface area contributed by atoms with E-state index in [-0.39, 0.29) is 31.6 Å². The molecular formula is C71H110O6. The molecule has 0 aliphatic carbocycles. The SMILES string of the molecule is CC/C=C\C/C=C\C/C=C\C/C=C\C/C=C\C/C=C\C/C=C\CCCCCCCCCCCCCC(=O)OCC(COC(=O)CCCCC/C=C\C/C=C\C/C=C\CC)OC(=O)CC/C=C\C/C=C\C/C=C\C/C=C\CC. The highest BCUT2D eigenvalue weighted by Crippen LogP contribution is 2.14. The fourth-order valence-electron chi connectivity index (χ4n) is 7.74. The van der Waals surface area contributed by atoms with Gasteiger partial charge >= 0.3 is 17.9 Å². The normalized spacial score (nSPS) is 13.3. The van der Waals surface area contributed by atoms with Gasteiger partial charge in [0.05, 0.1) is 0 Å². The molecule has 0 rings (SSSR count). The van der Waals surface area contributed by atoms with Crippen molar-refractivity contribution in [2.45, 2.75) is 245 Å². The summed E-state index contributed by atoms with van der Waals surface area (Å²) < 4.78 is 16.7. The standard InChI is InChI=1S/C71H110O6/c1-4-7-10-13-16-19-22-25-26-27-28-29-30-31-32-33-34-35-36-37-38-39-40-41-42-43-44-47-49-52-55-58-61-64-70(73)76-67-68(77-71(74)65-62-59-56-53-50-46-24-21-18-15-12-9-6-3)66-75-69(72)63-60-57-54-51-48-45-23-20-17-14-11-8-5-2/h7-12,16-21,25-26,28-29,31-32,34-35,37-38,45-46,48,50,56,59,68H,4-6,13-15,22-24,27,30,33,36,39-44,47,49,51-55,57-58,60-67H2,1-3H3/b10-7-,11-8-,12-9-,19-16-,20-17-,21-18-,26-25-,29-28-,32-31-,35-34-,38-37-,48-45-,50-46-,59-56-. The second-order valence-electron chi connectivity index (χ2n) is 19.5. The van der Waals surface area contributed by atoms with E-state index in [9.17, 15) is 14.4 Å². The molecule has 0 saturated carbocycles.